The molecule has 1 saturated heterocycles. The van der Waals surface area contributed by atoms with E-state index in [1.807, 2.05) is 69.3 Å². The van der Waals surface area contributed by atoms with Gasteiger partial charge in [-0.3, -0.25) is 9.59 Å². The van der Waals surface area contributed by atoms with E-state index >= 15 is 0 Å². The summed E-state index contributed by atoms with van der Waals surface area (Å²) in [5.41, 5.74) is 2.94. The summed E-state index contributed by atoms with van der Waals surface area (Å²) < 4.78 is 5.82. The lowest BCUT2D eigenvalue weighted by Gasteiger charge is -2.21. The summed E-state index contributed by atoms with van der Waals surface area (Å²) in [6.07, 6.45) is 0.229. The van der Waals surface area contributed by atoms with Gasteiger partial charge in [-0.25, -0.2) is 0 Å². The zero-order valence-electron chi connectivity index (χ0n) is 16.1. The molecule has 1 atom stereocenters. The molecule has 27 heavy (non-hydrogen) atoms. The van der Waals surface area contributed by atoms with Crippen LogP contribution < -0.4 is 15.0 Å². The average molecular weight is 366 g/mol. The van der Waals surface area contributed by atoms with Gasteiger partial charge >= 0.3 is 0 Å². The molecule has 0 spiro atoms. The molecule has 5 nitrogen and oxygen atoms in total. The fraction of sp³-hybridized carbons (Fsp3) is 0.364. The summed E-state index contributed by atoms with van der Waals surface area (Å²) in [4.78, 5) is 26.8. The van der Waals surface area contributed by atoms with Crippen molar-refractivity contribution in [2.45, 2.75) is 39.8 Å². The number of hydrogen-bond acceptors (Lipinski definition) is 3. The maximum Gasteiger partial charge on any atom is 0.227 e. The summed E-state index contributed by atoms with van der Waals surface area (Å²) in [5, 5.41) is 2.96. The molecule has 2 amide bonds. The smallest absolute Gasteiger partial charge is 0.227 e. The molecule has 0 aromatic heterocycles. The number of hydrogen-bond donors (Lipinski definition) is 1. The lowest BCUT2D eigenvalue weighted by Crippen LogP contribution is -2.32. The van der Waals surface area contributed by atoms with Crippen LogP contribution in [0.15, 0.2) is 48.5 Å². The Bertz CT molecular complexity index is 832. The van der Waals surface area contributed by atoms with Gasteiger partial charge in [-0.15, -0.1) is 0 Å². The SMILES string of the molecule is Cc1cccc(CNC(=O)C2CC(=O)N(c3ccccc3OC(C)C)C2)c1. The highest BCUT2D eigenvalue weighted by Crippen LogP contribution is 2.33. The number of nitrogens with one attached hydrogen (secondary N) is 1. The molecule has 142 valence electrons. The number of carbonyl (C=O) groups excluding carboxylic acids is 2. The molecule has 1 aliphatic heterocycles. The number of aryl methyl sites for hydroxylation is 1. The van der Waals surface area contributed by atoms with Crippen molar-refractivity contribution in [3.63, 3.8) is 0 Å². The van der Waals surface area contributed by atoms with Crippen LogP contribution in [0.3, 0.4) is 0 Å². The van der Waals surface area contributed by atoms with E-state index in [4.69, 9.17) is 4.74 Å². The van der Waals surface area contributed by atoms with E-state index in [0.29, 0.717) is 18.8 Å². The summed E-state index contributed by atoms with van der Waals surface area (Å²) in [6.45, 7) is 6.76. The lowest BCUT2D eigenvalue weighted by molar-refractivity contribution is -0.126. The molecule has 2 aromatic carbocycles. The van der Waals surface area contributed by atoms with Gasteiger partial charge < -0.3 is 15.0 Å². The Labute approximate surface area is 160 Å². The fourth-order valence-corrected chi connectivity index (χ4v) is 3.31. The molecular weight excluding hydrogens is 340 g/mol. The topological polar surface area (TPSA) is 58.6 Å². The Morgan fingerprint density at radius 1 is 1.22 bits per heavy atom. The van der Waals surface area contributed by atoms with E-state index in [-0.39, 0.29) is 30.3 Å². The van der Waals surface area contributed by atoms with E-state index in [9.17, 15) is 9.59 Å². The van der Waals surface area contributed by atoms with Gasteiger partial charge in [0.25, 0.3) is 0 Å². The lowest BCUT2D eigenvalue weighted by atomic mass is 10.1. The van der Waals surface area contributed by atoms with Crippen LogP contribution in [-0.4, -0.2) is 24.5 Å². The van der Waals surface area contributed by atoms with E-state index in [0.717, 1.165) is 16.8 Å². The fourth-order valence-electron chi connectivity index (χ4n) is 3.31. The van der Waals surface area contributed by atoms with Crippen molar-refractivity contribution in [1.82, 2.24) is 5.32 Å². The van der Waals surface area contributed by atoms with Crippen molar-refractivity contribution in [3.05, 3.63) is 59.7 Å². The van der Waals surface area contributed by atoms with E-state index in [1.54, 1.807) is 4.90 Å². The molecule has 2 aromatic rings. The number of amides is 2. The zero-order valence-corrected chi connectivity index (χ0v) is 16.1. The largest absolute Gasteiger partial charge is 0.489 e. The summed E-state index contributed by atoms with van der Waals surface area (Å²) in [5.74, 6) is 0.177. The second-order valence-electron chi connectivity index (χ2n) is 7.25. The predicted molar refractivity (Wildman–Crippen MR) is 106 cm³/mol. The molecule has 1 aliphatic rings. The third-order valence-electron chi connectivity index (χ3n) is 4.56. The van der Waals surface area contributed by atoms with Crippen LogP contribution in [0.1, 0.15) is 31.4 Å². The monoisotopic (exact) mass is 366 g/mol. The minimum Gasteiger partial charge on any atom is -0.489 e. The Hall–Kier alpha value is -2.82. The van der Waals surface area contributed by atoms with Crippen LogP contribution in [0.25, 0.3) is 0 Å². The molecule has 3 rings (SSSR count). The molecule has 1 fully saturated rings. The Morgan fingerprint density at radius 3 is 2.74 bits per heavy atom. The van der Waals surface area contributed by atoms with Crippen LogP contribution in [0.5, 0.6) is 5.75 Å². The van der Waals surface area contributed by atoms with Gasteiger partial charge in [-0.1, -0.05) is 42.0 Å². The first-order chi connectivity index (χ1) is 12.9. The number of ether oxygens (including phenoxy) is 1. The van der Waals surface area contributed by atoms with Crippen LogP contribution in [0.4, 0.5) is 5.69 Å². The highest BCUT2D eigenvalue weighted by Gasteiger charge is 2.36. The third-order valence-corrected chi connectivity index (χ3v) is 4.56. The van der Waals surface area contributed by atoms with Crippen molar-refractivity contribution in [2.24, 2.45) is 5.92 Å². The quantitative estimate of drug-likeness (QED) is 0.852. The molecule has 0 bridgehead atoms. The van der Waals surface area contributed by atoms with Crippen LogP contribution >= 0.6 is 0 Å². The highest BCUT2D eigenvalue weighted by atomic mass is 16.5. The maximum absolute atomic E-state index is 12.6. The molecular formula is C22H26N2O3. The predicted octanol–water partition coefficient (Wildman–Crippen LogP) is 3.45. The molecule has 0 saturated carbocycles. The summed E-state index contributed by atoms with van der Waals surface area (Å²) in [6, 6.07) is 15.5. The van der Waals surface area contributed by atoms with Crippen molar-refractivity contribution in [2.75, 3.05) is 11.4 Å². The second kappa shape index (κ2) is 8.25. The zero-order chi connectivity index (χ0) is 19.4. The van der Waals surface area contributed by atoms with Crippen LogP contribution in [0.2, 0.25) is 0 Å². The summed E-state index contributed by atoms with van der Waals surface area (Å²) >= 11 is 0. The van der Waals surface area contributed by atoms with E-state index in [2.05, 4.69) is 5.32 Å². The second-order valence-corrected chi connectivity index (χ2v) is 7.25. The Morgan fingerprint density at radius 2 is 2.00 bits per heavy atom. The van der Waals surface area contributed by atoms with Gasteiger partial charge in [0.15, 0.2) is 0 Å². The first kappa shape index (κ1) is 19.0. The highest BCUT2D eigenvalue weighted by molar-refractivity contribution is 6.01. The molecule has 0 aliphatic carbocycles. The first-order valence-electron chi connectivity index (χ1n) is 9.33. The number of carbonyl (C=O) groups is 2. The third kappa shape index (κ3) is 4.67. The molecule has 1 heterocycles. The van der Waals surface area contributed by atoms with E-state index in [1.165, 1.54) is 0 Å². The minimum absolute atomic E-state index is 0.0114. The van der Waals surface area contributed by atoms with Crippen LogP contribution in [-0.2, 0) is 16.1 Å². The normalized spacial score (nSPS) is 16.7. The van der Waals surface area contributed by atoms with E-state index < -0.39 is 0 Å². The summed E-state index contributed by atoms with van der Waals surface area (Å²) in [7, 11) is 0. The number of rotatable bonds is 6. The minimum atomic E-state index is -0.352. The number of benzene rings is 2. The molecule has 0 radical (unpaired) electrons. The van der Waals surface area contributed by atoms with Gasteiger partial charge in [0.2, 0.25) is 11.8 Å². The van der Waals surface area contributed by atoms with Crippen molar-refractivity contribution in [1.29, 1.82) is 0 Å². The van der Waals surface area contributed by atoms with Crippen molar-refractivity contribution in [3.8, 4) is 5.75 Å². The Kier molecular flexibility index (Phi) is 5.79. The Balaban J connectivity index is 1.66. The standard InChI is InChI=1S/C22H26N2O3/c1-15(2)27-20-10-5-4-9-19(20)24-14-18(12-21(24)25)22(26)23-13-17-8-6-7-16(3)11-17/h4-11,15,18H,12-14H2,1-3H3,(H,23,26). The van der Waals surface area contributed by atoms with Gasteiger partial charge in [0.1, 0.15) is 5.75 Å². The first-order valence-corrected chi connectivity index (χ1v) is 9.33. The number of nitrogens with zero attached hydrogens (tertiary/aromatic N) is 1. The van der Waals surface area contributed by atoms with Crippen molar-refractivity contribution >= 4 is 17.5 Å². The average Bonchev–Trinajstić information content (AvgIpc) is 3.01. The van der Waals surface area contributed by atoms with Crippen molar-refractivity contribution < 1.29 is 14.3 Å². The van der Waals surface area contributed by atoms with Crippen LogP contribution in [0, 0.1) is 12.8 Å². The maximum atomic E-state index is 12.6. The van der Waals surface area contributed by atoms with Gasteiger partial charge in [-0.2, -0.15) is 0 Å². The van der Waals surface area contributed by atoms with Gasteiger partial charge in [-0.05, 0) is 38.5 Å². The number of para-hydroxylation sites is 2. The number of anilines is 1. The van der Waals surface area contributed by atoms with Gasteiger partial charge in [0, 0.05) is 19.5 Å². The molecule has 1 N–H and O–H groups in total. The van der Waals surface area contributed by atoms with Gasteiger partial charge in [0.05, 0.1) is 17.7 Å². The molecule has 1 unspecified atom stereocenters. The molecule has 5 heteroatoms.